The summed E-state index contributed by atoms with van der Waals surface area (Å²) in [5, 5.41) is 6.06. The Kier molecular flexibility index (Phi) is 2.79. The van der Waals surface area contributed by atoms with E-state index in [-0.39, 0.29) is 11.9 Å². The molecule has 2 rings (SSSR count). The van der Waals surface area contributed by atoms with Gasteiger partial charge in [-0.3, -0.25) is 4.79 Å². The normalized spacial score (nSPS) is 21.7. The number of nitrogens with one attached hydrogen (secondary N) is 2. The third-order valence-corrected chi connectivity index (χ3v) is 2.41. The molecule has 74 valence electrons. The molecule has 3 heteroatoms. The lowest BCUT2D eigenvalue weighted by atomic mass is 10.0. The van der Waals surface area contributed by atoms with Crippen LogP contribution < -0.4 is 10.6 Å². The summed E-state index contributed by atoms with van der Waals surface area (Å²) in [4.78, 5) is 11.4. The van der Waals surface area contributed by atoms with E-state index in [9.17, 15) is 4.79 Å². The maximum absolute atomic E-state index is 11.4. The van der Waals surface area contributed by atoms with Crippen molar-refractivity contribution in [1.82, 2.24) is 10.6 Å². The van der Waals surface area contributed by atoms with Crippen LogP contribution >= 0.6 is 0 Å². The van der Waals surface area contributed by atoms with Crippen molar-refractivity contribution in [1.29, 1.82) is 0 Å². The Hall–Kier alpha value is -1.35. The Balaban J connectivity index is 2.00. The first-order valence-electron chi connectivity index (χ1n) is 4.91. The maximum Gasteiger partial charge on any atom is 0.237 e. The van der Waals surface area contributed by atoms with Crippen LogP contribution in [0.3, 0.4) is 0 Å². The minimum absolute atomic E-state index is 0.0638. The van der Waals surface area contributed by atoms with Crippen molar-refractivity contribution in [3.05, 3.63) is 35.9 Å². The van der Waals surface area contributed by atoms with E-state index in [4.69, 9.17) is 0 Å². The fraction of sp³-hybridized carbons (Fsp3) is 0.364. The molecule has 1 atom stereocenters. The van der Waals surface area contributed by atoms with Crippen LogP contribution in [0.15, 0.2) is 30.3 Å². The van der Waals surface area contributed by atoms with Gasteiger partial charge in [-0.05, 0) is 12.0 Å². The van der Waals surface area contributed by atoms with E-state index in [1.54, 1.807) is 0 Å². The molecule has 0 spiro atoms. The van der Waals surface area contributed by atoms with E-state index in [1.165, 1.54) is 5.56 Å². The monoisotopic (exact) mass is 190 g/mol. The molecule has 1 heterocycles. The van der Waals surface area contributed by atoms with E-state index < -0.39 is 0 Å². The summed E-state index contributed by atoms with van der Waals surface area (Å²) in [6.07, 6.45) is 0.771. The molecule has 0 aliphatic carbocycles. The van der Waals surface area contributed by atoms with Gasteiger partial charge in [-0.25, -0.2) is 0 Å². The van der Waals surface area contributed by atoms with Crippen molar-refractivity contribution < 1.29 is 4.79 Å². The lowest BCUT2D eigenvalue weighted by Gasteiger charge is -2.23. The highest BCUT2D eigenvalue weighted by Gasteiger charge is 2.20. The lowest BCUT2D eigenvalue weighted by molar-refractivity contribution is -0.124. The van der Waals surface area contributed by atoms with E-state index in [2.05, 4.69) is 10.6 Å². The Labute approximate surface area is 83.5 Å². The van der Waals surface area contributed by atoms with Gasteiger partial charge in [-0.15, -0.1) is 0 Å². The zero-order valence-electron chi connectivity index (χ0n) is 7.99. The predicted octanol–water partition coefficient (Wildman–Crippen LogP) is 0.317. The third-order valence-electron chi connectivity index (χ3n) is 2.41. The highest BCUT2D eigenvalue weighted by molar-refractivity contribution is 5.82. The topological polar surface area (TPSA) is 41.1 Å². The van der Waals surface area contributed by atoms with Crippen molar-refractivity contribution in [2.24, 2.45) is 0 Å². The first-order valence-corrected chi connectivity index (χ1v) is 4.91. The van der Waals surface area contributed by atoms with Gasteiger partial charge in [0.1, 0.15) is 0 Å². The van der Waals surface area contributed by atoms with Crippen LogP contribution in [0.25, 0.3) is 0 Å². The fourth-order valence-corrected chi connectivity index (χ4v) is 1.66. The Bertz CT molecular complexity index is 310. The summed E-state index contributed by atoms with van der Waals surface area (Å²) in [6.45, 7) is 1.60. The average molecular weight is 190 g/mol. The molecule has 1 aliphatic rings. The molecular formula is C11H14N2O. The number of carbonyl (C=O) groups excluding carboxylic acids is 1. The third kappa shape index (κ3) is 2.12. The smallest absolute Gasteiger partial charge is 0.237 e. The van der Waals surface area contributed by atoms with Gasteiger partial charge in [-0.2, -0.15) is 0 Å². The van der Waals surface area contributed by atoms with Crippen molar-refractivity contribution in [3.63, 3.8) is 0 Å². The number of carbonyl (C=O) groups is 1. The minimum Gasteiger partial charge on any atom is -0.353 e. The van der Waals surface area contributed by atoms with Crippen LogP contribution in [-0.4, -0.2) is 25.0 Å². The molecule has 0 saturated carbocycles. The quantitative estimate of drug-likeness (QED) is 0.705. The van der Waals surface area contributed by atoms with Gasteiger partial charge >= 0.3 is 0 Å². The second-order valence-corrected chi connectivity index (χ2v) is 3.49. The molecule has 2 N–H and O–H groups in total. The van der Waals surface area contributed by atoms with Crippen LogP contribution in [0.5, 0.6) is 0 Å². The number of hydrogen-bond donors (Lipinski definition) is 2. The summed E-state index contributed by atoms with van der Waals surface area (Å²) in [6, 6.07) is 10.0. The standard InChI is InChI=1S/C11H14N2O/c14-11-10(12-6-7-13-11)8-9-4-2-1-3-5-9/h1-5,10,12H,6-8H2,(H,13,14). The summed E-state index contributed by atoms with van der Waals surface area (Å²) >= 11 is 0. The molecule has 0 radical (unpaired) electrons. The van der Waals surface area contributed by atoms with Crippen LogP contribution in [0, 0.1) is 0 Å². The van der Waals surface area contributed by atoms with Crippen LogP contribution in [0.2, 0.25) is 0 Å². The molecule has 1 aromatic carbocycles. The van der Waals surface area contributed by atoms with Crippen LogP contribution in [0.4, 0.5) is 0 Å². The minimum atomic E-state index is -0.0638. The number of piperazine rings is 1. The zero-order valence-corrected chi connectivity index (χ0v) is 7.99. The van der Waals surface area contributed by atoms with E-state index in [0.717, 1.165) is 19.5 Å². The van der Waals surface area contributed by atoms with E-state index >= 15 is 0 Å². The highest BCUT2D eigenvalue weighted by atomic mass is 16.2. The molecule has 0 bridgehead atoms. The summed E-state index contributed by atoms with van der Waals surface area (Å²) < 4.78 is 0. The molecule has 1 aromatic rings. The number of benzene rings is 1. The molecule has 1 unspecified atom stereocenters. The molecule has 1 saturated heterocycles. The average Bonchev–Trinajstić information content (AvgIpc) is 2.23. The molecule has 1 fully saturated rings. The predicted molar refractivity (Wildman–Crippen MR) is 54.9 cm³/mol. The Morgan fingerprint density at radius 3 is 2.71 bits per heavy atom. The van der Waals surface area contributed by atoms with Gasteiger partial charge in [0.2, 0.25) is 5.91 Å². The Morgan fingerprint density at radius 1 is 1.21 bits per heavy atom. The molecule has 0 aromatic heterocycles. The van der Waals surface area contributed by atoms with Gasteiger partial charge in [0.25, 0.3) is 0 Å². The van der Waals surface area contributed by atoms with E-state index in [1.807, 2.05) is 30.3 Å². The first-order chi connectivity index (χ1) is 6.86. The maximum atomic E-state index is 11.4. The number of hydrogen-bond acceptors (Lipinski definition) is 2. The Morgan fingerprint density at radius 2 is 2.00 bits per heavy atom. The zero-order chi connectivity index (χ0) is 9.80. The van der Waals surface area contributed by atoms with Gasteiger partial charge < -0.3 is 10.6 Å². The fourth-order valence-electron chi connectivity index (χ4n) is 1.66. The molecule has 1 amide bonds. The van der Waals surface area contributed by atoms with Crippen LogP contribution in [-0.2, 0) is 11.2 Å². The SMILES string of the molecule is O=C1NCCNC1Cc1ccccc1. The van der Waals surface area contributed by atoms with Gasteiger partial charge in [0.15, 0.2) is 0 Å². The second kappa shape index (κ2) is 4.24. The summed E-state index contributed by atoms with van der Waals surface area (Å²) in [7, 11) is 0. The van der Waals surface area contributed by atoms with Gasteiger partial charge in [-0.1, -0.05) is 30.3 Å². The number of amides is 1. The highest BCUT2D eigenvalue weighted by Crippen LogP contribution is 2.04. The van der Waals surface area contributed by atoms with Crippen LogP contribution in [0.1, 0.15) is 5.56 Å². The summed E-state index contributed by atoms with van der Waals surface area (Å²) in [5.41, 5.74) is 1.20. The molecule has 1 aliphatic heterocycles. The van der Waals surface area contributed by atoms with Crippen molar-refractivity contribution >= 4 is 5.91 Å². The first kappa shape index (κ1) is 9.21. The largest absolute Gasteiger partial charge is 0.353 e. The molecule has 3 nitrogen and oxygen atoms in total. The van der Waals surface area contributed by atoms with Crippen molar-refractivity contribution in [2.45, 2.75) is 12.5 Å². The number of rotatable bonds is 2. The molecule has 14 heavy (non-hydrogen) atoms. The summed E-state index contributed by atoms with van der Waals surface area (Å²) in [5.74, 6) is 0.111. The van der Waals surface area contributed by atoms with Gasteiger partial charge in [0.05, 0.1) is 6.04 Å². The van der Waals surface area contributed by atoms with Crippen molar-refractivity contribution in [3.8, 4) is 0 Å². The van der Waals surface area contributed by atoms with E-state index in [0.29, 0.717) is 0 Å². The second-order valence-electron chi connectivity index (χ2n) is 3.49. The lowest BCUT2D eigenvalue weighted by Crippen LogP contribution is -2.53. The molecular weight excluding hydrogens is 176 g/mol. The van der Waals surface area contributed by atoms with Crippen molar-refractivity contribution in [2.75, 3.05) is 13.1 Å². The van der Waals surface area contributed by atoms with Gasteiger partial charge in [0, 0.05) is 13.1 Å².